The van der Waals surface area contributed by atoms with Crippen LogP contribution in [0.5, 0.6) is 0 Å². The summed E-state index contributed by atoms with van der Waals surface area (Å²) in [4.78, 5) is 9.14. The van der Waals surface area contributed by atoms with Crippen molar-refractivity contribution in [1.29, 1.82) is 0 Å². The first kappa shape index (κ1) is 14.4. The molecule has 2 heterocycles. The summed E-state index contributed by atoms with van der Waals surface area (Å²) >= 11 is 12.5. The quantitative estimate of drug-likeness (QED) is 0.623. The van der Waals surface area contributed by atoms with E-state index >= 15 is 0 Å². The molecule has 108 valence electrons. The average molecular weight is 320 g/mol. The van der Waals surface area contributed by atoms with Crippen LogP contribution < -0.4 is 0 Å². The van der Waals surface area contributed by atoms with Crippen molar-refractivity contribution in [3.8, 4) is 5.69 Å². The van der Waals surface area contributed by atoms with Gasteiger partial charge in [-0.3, -0.25) is 4.57 Å². The van der Waals surface area contributed by atoms with Crippen molar-refractivity contribution in [2.24, 2.45) is 0 Å². The molecule has 0 spiro atoms. The van der Waals surface area contributed by atoms with Crippen molar-refractivity contribution in [2.45, 2.75) is 26.1 Å². The zero-order valence-electron chi connectivity index (χ0n) is 12.1. The lowest BCUT2D eigenvalue weighted by Gasteiger charge is -2.11. The molecule has 3 aromatic rings. The summed E-state index contributed by atoms with van der Waals surface area (Å²) < 4.78 is 1.97. The molecule has 0 aliphatic rings. The van der Waals surface area contributed by atoms with Crippen molar-refractivity contribution < 1.29 is 0 Å². The minimum absolute atomic E-state index is 0.223. The van der Waals surface area contributed by atoms with E-state index in [1.165, 1.54) is 0 Å². The van der Waals surface area contributed by atoms with Gasteiger partial charge in [-0.25, -0.2) is 9.97 Å². The molecule has 0 saturated heterocycles. The molecule has 0 aliphatic carbocycles. The Morgan fingerprint density at radius 2 is 1.95 bits per heavy atom. The monoisotopic (exact) mass is 319 g/mol. The van der Waals surface area contributed by atoms with E-state index in [2.05, 4.69) is 9.97 Å². The van der Waals surface area contributed by atoms with Crippen molar-refractivity contribution >= 4 is 34.4 Å². The molecule has 2 aromatic heterocycles. The van der Waals surface area contributed by atoms with Gasteiger partial charge in [0.2, 0.25) is 0 Å². The molecule has 21 heavy (non-hydrogen) atoms. The topological polar surface area (TPSA) is 30.7 Å². The predicted molar refractivity (Wildman–Crippen MR) is 87.6 cm³/mol. The standard InChI is InChI=1S/C16H15Cl2N3/c1-9-6-14-16(19-8-9)21(15(20-14)11(3)17)12-5-4-10(2)13(18)7-12/h4-8,11H,1-3H3. The van der Waals surface area contributed by atoms with E-state index in [4.69, 9.17) is 23.2 Å². The largest absolute Gasteiger partial charge is 0.279 e. The number of hydrogen-bond acceptors (Lipinski definition) is 2. The SMILES string of the molecule is Cc1cnc2c(c1)nc(C(C)Cl)n2-c1ccc(C)c(Cl)c1. The highest BCUT2D eigenvalue weighted by Gasteiger charge is 2.17. The van der Waals surface area contributed by atoms with E-state index in [0.717, 1.165) is 38.8 Å². The van der Waals surface area contributed by atoms with Crippen LogP contribution in [0.4, 0.5) is 0 Å². The summed E-state index contributed by atoms with van der Waals surface area (Å²) in [6.45, 7) is 5.88. The molecule has 3 rings (SSSR count). The molecule has 0 saturated carbocycles. The lowest BCUT2D eigenvalue weighted by atomic mass is 10.2. The van der Waals surface area contributed by atoms with Gasteiger partial charge >= 0.3 is 0 Å². The normalized spacial score (nSPS) is 12.8. The number of imidazole rings is 1. The third kappa shape index (κ3) is 2.52. The molecule has 1 aromatic carbocycles. The Labute approximate surface area is 133 Å². The maximum Gasteiger partial charge on any atom is 0.164 e. The first-order valence-corrected chi connectivity index (χ1v) is 7.54. The van der Waals surface area contributed by atoms with Gasteiger partial charge < -0.3 is 0 Å². The zero-order chi connectivity index (χ0) is 15.1. The van der Waals surface area contributed by atoms with E-state index in [1.807, 2.05) is 55.8 Å². The fourth-order valence-corrected chi connectivity index (χ4v) is 2.65. The van der Waals surface area contributed by atoms with Crippen LogP contribution in [0.1, 0.15) is 29.3 Å². The number of aromatic nitrogens is 3. The van der Waals surface area contributed by atoms with E-state index in [-0.39, 0.29) is 5.38 Å². The zero-order valence-corrected chi connectivity index (χ0v) is 13.6. The van der Waals surface area contributed by atoms with Gasteiger partial charge in [-0.15, -0.1) is 11.6 Å². The van der Waals surface area contributed by atoms with Crippen LogP contribution in [-0.2, 0) is 0 Å². The molecule has 0 fully saturated rings. The number of aryl methyl sites for hydroxylation is 2. The number of nitrogens with zero attached hydrogens (tertiary/aromatic N) is 3. The molecule has 0 N–H and O–H groups in total. The van der Waals surface area contributed by atoms with E-state index in [0.29, 0.717) is 0 Å². The first-order chi connectivity index (χ1) is 9.97. The number of benzene rings is 1. The van der Waals surface area contributed by atoms with Crippen molar-refractivity contribution in [3.05, 3.63) is 52.4 Å². The molecule has 0 bridgehead atoms. The molecule has 0 amide bonds. The number of pyridine rings is 1. The summed E-state index contributed by atoms with van der Waals surface area (Å²) in [5, 5.41) is 0.495. The highest BCUT2D eigenvalue weighted by Crippen LogP contribution is 2.29. The molecule has 3 nitrogen and oxygen atoms in total. The highest BCUT2D eigenvalue weighted by atomic mass is 35.5. The van der Waals surface area contributed by atoms with Crippen LogP contribution in [0.3, 0.4) is 0 Å². The predicted octanol–water partition coefficient (Wildman–Crippen LogP) is 4.99. The molecule has 5 heteroatoms. The fraction of sp³-hybridized carbons (Fsp3) is 0.250. The summed E-state index contributed by atoms with van der Waals surface area (Å²) in [6, 6.07) is 7.92. The van der Waals surface area contributed by atoms with Crippen LogP contribution in [0.15, 0.2) is 30.5 Å². The van der Waals surface area contributed by atoms with Gasteiger partial charge in [-0.1, -0.05) is 17.7 Å². The Kier molecular flexibility index (Phi) is 3.64. The minimum atomic E-state index is -0.223. The second kappa shape index (κ2) is 5.32. The van der Waals surface area contributed by atoms with Crippen LogP contribution in [-0.4, -0.2) is 14.5 Å². The lowest BCUT2D eigenvalue weighted by Crippen LogP contribution is -2.03. The summed E-state index contributed by atoms with van der Waals surface area (Å²) in [7, 11) is 0. The number of hydrogen-bond donors (Lipinski definition) is 0. The maximum atomic E-state index is 6.30. The molecule has 0 radical (unpaired) electrons. The first-order valence-electron chi connectivity index (χ1n) is 6.73. The van der Waals surface area contributed by atoms with Gasteiger partial charge in [0, 0.05) is 11.2 Å². The molecule has 1 atom stereocenters. The Hall–Kier alpha value is -1.58. The molecular formula is C16H15Cl2N3. The summed E-state index contributed by atoms with van der Waals surface area (Å²) in [5.41, 5.74) is 4.67. The Bertz CT molecular complexity index is 822. The van der Waals surface area contributed by atoms with E-state index < -0.39 is 0 Å². The van der Waals surface area contributed by atoms with E-state index in [9.17, 15) is 0 Å². The minimum Gasteiger partial charge on any atom is -0.279 e. The van der Waals surface area contributed by atoms with Crippen LogP contribution in [0.25, 0.3) is 16.9 Å². The number of alkyl halides is 1. The summed E-state index contributed by atoms with van der Waals surface area (Å²) in [5.74, 6) is 0.768. The molecular weight excluding hydrogens is 305 g/mol. The van der Waals surface area contributed by atoms with Crippen LogP contribution in [0, 0.1) is 13.8 Å². The van der Waals surface area contributed by atoms with Crippen molar-refractivity contribution in [3.63, 3.8) is 0 Å². The van der Waals surface area contributed by atoms with Crippen LogP contribution >= 0.6 is 23.2 Å². The Morgan fingerprint density at radius 3 is 2.62 bits per heavy atom. The number of rotatable bonds is 2. The molecule has 1 unspecified atom stereocenters. The lowest BCUT2D eigenvalue weighted by molar-refractivity contribution is 0.876. The number of halogens is 2. The van der Waals surface area contributed by atoms with Gasteiger partial charge in [0.05, 0.1) is 11.1 Å². The third-order valence-corrected chi connectivity index (χ3v) is 4.03. The second-order valence-corrected chi connectivity index (χ2v) is 6.27. The smallest absolute Gasteiger partial charge is 0.164 e. The number of fused-ring (bicyclic) bond motifs is 1. The van der Waals surface area contributed by atoms with Crippen molar-refractivity contribution in [2.75, 3.05) is 0 Å². The van der Waals surface area contributed by atoms with Crippen molar-refractivity contribution in [1.82, 2.24) is 14.5 Å². The fourth-order valence-electron chi connectivity index (χ4n) is 2.33. The van der Waals surface area contributed by atoms with Gasteiger partial charge in [0.1, 0.15) is 11.3 Å². The van der Waals surface area contributed by atoms with Gasteiger partial charge in [-0.05, 0) is 50.1 Å². The maximum absolute atomic E-state index is 6.30. The summed E-state index contributed by atoms with van der Waals surface area (Å²) in [6.07, 6.45) is 1.83. The van der Waals surface area contributed by atoms with E-state index in [1.54, 1.807) is 0 Å². The Balaban J connectivity index is 2.33. The highest BCUT2D eigenvalue weighted by molar-refractivity contribution is 6.31. The van der Waals surface area contributed by atoms with Gasteiger partial charge in [-0.2, -0.15) is 0 Å². The average Bonchev–Trinajstić information content (AvgIpc) is 2.80. The second-order valence-electron chi connectivity index (χ2n) is 5.21. The van der Waals surface area contributed by atoms with Gasteiger partial charge in [0.25, 0.3) is 0 Å². The third-order valence-electron chi connectivity index (χ3n) is 3.43. The van der Waals surface area contributed by atoms with Gasteiger partial charge in [0.15, 0.2) is 5.65 Å². The van der Waals surface area contributed by atoms with Crippen LogP contribution in [0.2, 0.25) is 5.02 Å². The Morgan fingerprint density at radius 1 is 1.19 bits per heavy atom. The molecule has 0 aliphatic heterocycles.